The summed E-state index contributed by atoms with van der Waals surface area (Å²) in [4.78, 5) is 13.8. The predicted octanol–water partition coefficient (Wildman–Crippen LogP) is 0.758. The SMILES string of the molecule is Cc1c[nH]c(C)c1C(CN)C(=O)O. The van der Waals surface area contributed by atoms with Crippen molar-refractivity contribution in [3.05, 3.63) is 23.0 Å². The van der Waals surface area contributed by atoms with Crippen LogP contribution < -0.4 is 5.73 Å². The number of aliphatic carboxylic acids is 1. The van der Waals surface area contributed by atoms with Crippen LogP contribution in [0.25, 0.3) is 0 Å². The van der Waals surface area contributed by atoms with E-state index in [1.54, 1.807) is 6.20 Å². The molecule has 4 N–H and O–H groups in total. The molecule has 4 nitrogen and oxygen atoms in total. The molecule has 13 heavy (non-hydrogen) atoms. The number of H-pyrrole nitrogens is 1. The van der Waals surface area contributed by atoms with E-state index in [4.69, 9.17) is 10.8 Å². The Kier molecular flexibility index (Phi) is 2.72. The quantitative estimate of drug-likeness (QED) is 0.645. The number of nitrogens with one attached hydrogen (secondary N) is 1. The zero-order chi connectivity index (χ0) is 10.0. The number of rotatable bonds is 3. The molecule has 72 valence electrons. The number of carbonyl (C=O) groups is 1. The number of aryl methyl sites for hydroxylation is 2. The van der Waals surface area contributed by atoms with E-state index in [0.717, 1.165) is 16.8 Å². The number of carboxylic acids is 1. The Bertz CT molecular complexity index is 298. The van der Waals surface area contributed by atoms with Gasteiger partial charge >= 0.3 is 5.97 Å². The van der Waals surface area contributed by atoms with Crippen molar-refractivity contribution < 1.29 is 9.90 Å². The van der Waals surface area contributed by atoms with Crippen molar-refractivity contribution in [3.8, 4) is 0 Å². The van der Waals surface area contributed by atoms with Crippen LogP contribution in [-0.2, 0) is 4.79 Å². The van der Waals surface area contributed by atoms with Gasteiger partial charge in [0, 0.05) is 18.4 Å². The topological polar surface area (TPSA) is 79.1 Å². The normalized spacial score (nSPS) is 12.8. The van der Waals surface area contributed by atoms with Gasteiger partial charge in [-0.25, -0.2) is 0 Å². The van der Waals surface area contributed by atoms with Crippen molar-refractivity contribution in [3.63, 3.8) is 0 Å². The minimum absolute atomic E-state index is 0.134. The molecule has 0 radical (unpaired) electrons. The molecule has 0 bridgehead atoms. The van der Waals surface area contributed by atoms with Crippen LogP contribution in [-0.4, -0.2) is 22.6 Å². The zero-order valence-electron chi connectivity index (χ0n) is 7.79. The fraction of sp³-hybridized carbons (Fsp3) is 0.444. The van der Waals surface area contributed by atoms with Gasteiger partial charge in [-0.3, -0.25) is 4.79 Å². The lowest BCUT2D eigenvalue weighted by molar-refractivity contribution is -0.138. The highest BCUT2D eigenvalue weighted by Gasteiger charge is 2.22. The molecule has 0 aliphatic rings. The molecule has 1 rings (SSSR count). The summed E-state index contributed by atoms with van der Waals surface area (Å²) in [6, 6.07) is 0. The second kappa shape index (κ2) is 3.62. The van der Waals surface area contributed by atoms with Gasteiger partial charge in [0.25, 0.3) is 0 Å². The standard InChI is InChI=1S/C9H14N2O2/c1-5-4-11-6(2)8(5)7(3-10)9(12)13/h4,7,11H,3,10H2,1-2H3,(H,12,13). The Labute approximate surface area is 76.8 Å². The summed E-state index contributed by atoms with van der Waals surface area (Å²) in [5, 5.41) is 8.90. The van der Waals surface area contributed by atoms with Gasteiger partial charge in [0.05, 0.1) is 5.92 Å². The molecule has 1 aromatic rings. The van der Waals surface area contributed by atoms with Crippen LogP contribution >= 0.6 is 0 Å². The second-order valence-electron chi connectivity index (χ2n) is 3.14. The van der Waals surface area contributed by atoms with Crippen molar-refractivity contribution in [2.24, 2.45) is 5.73 Å². The summed E-state index contributed by atoms with van der Waals surface area (Å²) in [6.45, 7) is 3.87. The Hall–Kier alpha value is -1.29. The molecule has 0 fully saturated rings. The summed E-state index contributed by atoms with van der Waals surface area (Å²) in [5.74, 6) is -1.46. The Morgan fingerprint density at radius 2 is 2.31 bits per heavy atom. The van der Waals surface area contributed by atoms with Gasteiger partial charge in [-0.05, 0) is 25.0 Å². The first-order chi connectivity index (χ1) is 6.07. The minimum Gasteiger partial charge on any atom is -0.481 e. The van der Waals surface area contributed by atoms with Crippen molar-refractivity contribution in [2.75, 3.05) is 6.54 Å². The van der Waals surface area contributed by atoms with Gasteiger partial charge in [0.15, 0.2) is 0 Å². The maximum absolute atomic E-state index is 10.8. The molecule has 4 heteroatoms. The van der Waals surface area contributed by atoms with Gasteiger partial charge in [-0.1, -0.05) is 0 Å². The first-order valence-electron chi connectivity index (χ1n) is 4.15. The lowest BCUT2D eigenvalue weighted by atomic mass is 9.96. The third-order valence-corrected chi connectivity index (χ3v) is 2.22. The van der Waals surface area contributed by atoms with Crippen LogP contribution in [0.1, 0.15) is 22.7 Å². The predicted molar refractivity (Wildman–Crippen MR) is 49.7 cm³/mol. The Morgan fingerprint density at radius 3 is 2.62 bits per heavy atom. The smallest absolute Gasteiger partial charge is 0.312 e. The maximum atomic E-state index is 10.8. The lowest BCUT2D eigenvalue weighted by Crippen LogP contribution is -2.22. The van der Waals surface area contributed by atoms with Crippen LogP contribution in [0.2, 0.25) is 0 Å². The molecule has 1 aromatic heterocycles. The number of aromatic amines is 1. The number of nitrogens with two attached hydrogens (primary N) is 1. The third kappa shape index (κ3) is 1.72. The number of aromatic nitrogens is 1. The number of hydrogen-bond donors (Lipinski definition) is 3. The molecule has 0 spiro atoms. The summed E-state index contributed by atoms with van der Waals surface area (Å²) in [6.07, 6.45) is 1.80. The average Bonchev–Trinajstić information content (AvgIpc) is 2.36. The van der Waals surface area contributed by atoms with E-state index in [1.807, 2.05) is 13.8 Å². The van der Waals surface area contributed by atoms with Crippen LogP contribution in [0.5, 0.6) is 0 Å². The van der Waals surface area contributed by atoms with Crippen molar-refractivity contribution in [1.82, 2.24) is 4.98 Å². The van der Waals surface area contributed by atoms with Crippen LogP contribution in [0.3, 0.4) is 0 Å². The van der Waals surface area contributed by atoms with E-state index in [2.05, 4.69) is 4.98 Å². The first kappa shape index (κ1) is 9.80. The molecule has 0 aliphatic heterocycles. The molecular weight excluding hydrogens is 168 g/mol. The first-order valence-corrected chi connectivity index (χ1v) is 4.15. The molecule has 1 atom stereocenters. The van der Waals surface area contributed by atoms with Crippen LogP contribution in [0.4, 0.5) is 0 Å². The average molecular weight is 182 g/mol. The van der Waals surface area contributed by atoms with Gasteiger partial charge in [-0.15, -0.1) is 0 Å². The second-order valence-corrected chi connectivity index (χ2v) is 3.14. The van der Waals surface area contributed by atoms with Crippen molar-refractivity contribution >= 4 is 5.97 Å². The maximum Gasteiger partial charge on any atom is 0.312 e. The van der Waals surface area contributed by atoms with E-state index in [0.29, 0.717) is 0 Å². The van der Waals surface area contributed by atoms with Crippen molar-refractivity contribution in [2.45, 2.75) is 19.8 Å². The van der Waals surface area contributed by atoms with E-state index in [-0.39, 0.29) is 6.54 Å². The van der Waals surface area contributed by atoms with Crippen LogP contribution in [0, 0.1) is 13.8 Å². The number of hydrogen-bond acceptors (Lipinski definition) is 2. The van der Waals surface area contributed by atoms with E-state index >= 15 is 0 Å². The molecular formula is C9H14N2O2. The largest absolute Gasteiger partial charge is 0.481 e. The van der Waals surface area contributed by atoms with Gasteiger partial charge in [0.1, 0.15) is 0 Å². The molecule has 0 aliphatic carbocycles. The summed E-state index contributed by atoms with van der Waals surface area (Å²) < 4.78 is 0. The van der Waals surface area contributed by atoms with E-state index in [9.17, 15) is 4.79 Å². The highest BCUT2D eigenvalue weighted by molar-refractivity contribution is 5.77. The van der Waals surface area contributed by atoms with Gasteiger partial charge in [-0.2, -0.15) is 0 Å². The summed E-state index contributed by atoms with van der Waals surface area (Å²) in [5.41, 5.74) is 8.06. The molecule has 0 saturated carbocycles. The third-order valence-electron chi connectivity index (χ3n) is 2.22. The molecule has 1 unspecified atom stereocenters. The monoisotopic (exact) mass is 182 g/mol. The summed E-state index contributed by atoms with van der Waals surface area (Å²) >= 11 is 0. The molecule has 1 heterocycles. The Balaban J connectivity index is 3.10. The lowest BCUT2D eigenvalue weighted by Gasteiger charge is -2.10. The fourth-order valence-electron chi connectivity index (χ4n) is 1.55. The number of carboxylic acid groups (broad SMARTS) is 1. The summed E-state index contributed by atoms with van der Waals surface area (Å²) in [7, 11) is 0. The molecule has 0 amide bonds. The Morgan fingerprint density at radius 1 is 1.69 bits per heavy atom. The molecule has 0 aromatic carbocycles. The fourth-order valence-corrected chi connectivity index (χ4v) is 1.55. The van der Waals surface area contributed by atoms with E-state index in [1.165, 1.54) is 0 Å². The molecule has 0 saturated heterocycles. The van der Waals surface area contributed by atoms with Gasteiger partial charge in [0.2, 0.25) is 0 Å². The van der Waals surface area contributed by atoms with E-state index < -0.39 is 11.9 Å². The highest BCUT2D eigenvalue weighted by atomic mass is 16.4. The zero-order valence-corrected chi connectivity index (χ0v) is 7.79. The minimum atomic E-state index is -0.867. The highest BCUT2D eigenvalue weighted by Crippen LogP contribution is 2.22. The van der Waals surface area contributed by atoms with Crippen molar-refractivity contribution in [1.29, 1.82) is 0 Å². The van der Waals surface area contributed by atoms with Gasteiger partial charge < -0.3 is 15.8 Å². The van der Waals surface area contributed by atoms with Crippen LogP contribution in [0.15, 0.2) is 6.20 Å².